The number of benzene rings is 1. The molecule has 0 saturated carbocycles. The van der Waals surface area contributed by atoms with E-state index in [1.807, 2.05) is 6.92 Å². The van der Waals surface area contributed by atoms with Gasteiger partial charge in [-0.3, -0.25) is 4.90 Å². The minimum atomic E-state index is 0.574. The van der Waals surface area contributed by atoms with Crippen molar-refractivity contribution in [3.8, 4) is 5.75 Å². The zero-order valence-electron chi connectivity index (χ0n) is 12.8. The highest BCUT2D eigenvalue weighted by Gasteiger charge is 2.16. The van der Waals surface area contributed by atoms with Gasteiger partial charge in [-0.05, 0) is 31.5 Å². The van der Waals surface area contributed by atoms with Crippen LogP contribution in [0.1, 0.15) is 25.0 Å². The molecule has 1 aromatic rings. The average molecular weight is 278 g/mol. The van der Waals surface area contributed by atoms with Crippen molar-refractivity contribution in [1.82, 2.24) is 10.2 Å². The third kappa shape index (κ3) is 4.20. The second-order valence-electron chi connectivity index (χ2n) is 5.37. The first-order valence-electron chi connectivity index (χ1n) is 7.42. The van der Waals surface area contributed by atoms with Gasteiger partial charge in [-0.2, -0.15) is 0 Å². The van der Waals surface area contributed by atoms with Crippen LogP contribution in [0.3, 0.4) is 0 Å². The Morgan fingerprint density at radius 3 is 2.95 bits per heavy atom. The van der Waals surface area contributed by atoms with Gasteiger partial charge < -0.3 is 14.8 Å². The first kappa shape index (κ1) is 15.3. The maximum absolute atomic E-state index is 5.52. The summed E-state index contributed by atoms with van der Waals surface area (Å²) in [6.45, 7) is 9.87. The molecule has 1 fully saturated rings. The van der Waals surface area contributed by atoms with Gasteiger partial charge in [0.1, 0.15) is 5.75 Å². The van der Waals surface area contributed by atoms with Crippen LogP contribution < -0.4 is 10.1 Å². The molecule has 1 atom stereocenters. The van der Waals surface area contributed by atoms with Gasteiger partial charge in [0.15, 0.2) is 0 Å². The van der Waals surface area contributed by atoms with E-state index >= 15 is 0 Å². The zero-order valence-corrected chi connectivity index (χ0v) is 12.8. The van der Waals surface area contributed by atoms with Gasteiger partial charge in [0.25, 0.3) is 0 Å². The van der Waals surface area contributed by atoms with Crippen molar-refractivity contribution in [3.05, 3.63) is 29.3 Å². The molecule has 0 spiro atoms. The maximum atomic E-state index is 5.52. The standard InChI is InChI=1S/C16H26N2O2/c1-4-20-12-15-9-14(5-6-16(15)19-3)11-18-8-7-17-13(2)10-18/h5-6,9,13,17H,4,7-8,10-12H2,1-3H3/t13-/m0/s1. The predicted molar refractivity (Wildman–Crippen MR) is 81.1 cm³/mol. The predicted octanol–water partition coefficient (Wildman–Crippen LogP) is 2.03. The SMILES string of the molecule is CCOCc1cc(CN2CCN[C@@H](C)C2)ccc1OC. The number of hydrogen-bond acceptors (Lipinski definition) is 4. The monoisotopic (exact) mass is 278 g/mol. The highest BCUT2D eigenvalue weighted by molar-refractivity contribution is 5.37. The summed E-state index contributed by atoms with van der Waals surface area (Å²) >= 11 is 0. The summed E-state index contributed by atoms with van der Waals surface area (Å²) in [7, 11) is 1.71. The molecule has 20 heavy (non-hydrogen) atoms. The molecule has 0 aliphatic carbocycles. The molecule has 1 N–H and O–H groups in total. The number of nitrogens with one attached hydrogen (secondary N) is 1. The second kappa shape index (κ2) is 7.62. The quantitative estimate of drug-likeness (QED) is 0.863. The van der Waals surface area contributed by atoms with Crippen LogP contribution >= 0.6 is 0 Å². The van der Waals surface area contributed by atoms with Gasteiger partial charge in [-0.15, -0.1) is 0 Å². The van der Waals surface area contributed by atoms with Gasteiger partial charge in [0.2, 0.25) is 0 Å². The van der Waals surface area contributed by atoms with Gasteiger partial charge in [0, 0.05) is 44.4 Å². The van der Waals surface area contributed by atoms with Crippen LogP contribution in [0.4, 0.5) is 0 Å². The van der Waals surface area contributed by atoms with E-state index in [0.29, 0.717) is 12.6 Å². The average Bonchev–Trinajstić information content (AvgIpc) is 2.45. The Morgan fingerprint density at radius 2 is 2.25 bits per heavy atom. The molecule has 0 bridgehead atoms. The summed E-state index contributed by atoms with van der Waals surface area (Å²) in [5.74, 6) is 0.913. The molecule has 0 amide bonds. The molecule has 4 nitrogen and oxygen atoms in total. The molecule has 1 aromatic carbocycles. The van der Waals surface area contributed by atoms with Crippen molar-refractivity contribution in [2.24, 2.45) is 0 Å². The Labute approximate surface area is 122 Å². The number of nitrogens with zero attached hydrogens (tertiary/aromatic N) is 1. The van der Waals surface area contributed by atoms with Crippen molar-refractivity contribution in [1.29, 1.82) is 0 Å². The van der Waals surface area contributed by atoms with Crippen LogP contribution in [0.25, 0.3) is 0 Å². The van der Waals surface area contributed by atoms with Crippen molar-refractivity contribution in [2.45, 2.75) is 33.0 Å². The van der Waals surface area contributed by atoms with Crippen LogP contribution in [0, 0.1) is 0 Å². The van der Waals surface area contributed by atoms with Crippen LogP contribution in [0.15, 0.2) is 18.2 Å². The fourth-order valence-corrected chi connectivity index (χ4v) is 2.67. The van der Waals surface area contributed by atoms with Crippen molar-refractivity contribution < 1.29 is 9.47 Å². The smallest absolute Gasteiger partial charge is 0.124 e. The number of piperazine rings is 1. The third-order valence-electron chi connectivity index (χ3n) is 3.67. The van der Waals surface area contributed by atoms with Crippen LogP contribution in [0.5, 0.6) is 5.75 Å². The molecule has 0 radical (unpaired) electrons. The summed E-state index contributed by atoms with van der Waals surface area (Å²) in [5, 5.41) is 3.47. The molecule has 1 aliphatic rings. The lowest BCUT2D eigenvalue weighted by Gasteiger charge is -2.32. The van der Waals surface area contributed by atoms with Crippen molar-refractivity contribution in [2.75, 3.05) is 33.4 Å². The van der Waals surface area contributed by atoms with E-state index < -0.39 is 0 Å². The normalized spacial score (nSPS) is 20.1. The van der Waals surface area contributed by atoms with Crippen LogP contribution in [0.2, 0.25) is 0 Å². The number of hydrogen-bond donors (Lipinski definition) is 1. The van der Waals surface area contributed by atoms with E-state index in [1.165, 1.54) is 5.56 Å². The molecule has 0 aromatic heterocycles. The summed E-state index contributed by atoms with van der Waals surface area (Å²) in [6, 6.07) is 6.99. The lowest BCUT2D eigenvalue weighted by molar-refractivity contribution is 0.131. The van der Waals surface area contributed by atoms with E-state index in [1.54, 1.807) is 7.11 Å². The van der Waals surface area contributed by atoms with E-state index in [4.69, 9.17) is 9.47 Å². The van der Waals surface area contributed by atoms with E-state index in [0.717, 1.165) is 44.1 Å². The van der Waals surface area contributed by atoms with E-state index in [-0.39, 0.29) is 0 Å². The molecule has 1 heterocycles. The van der Waals surface area contributed by atoms with Gasteiger partial charge >= 0.3 is 0 Å². The summed E-state index contributed by atoms with van der Waals surface area (Å²) in [6.07, 6.45) is 0. The minimum absolute atomic E-state index is 0.574. The Morgan fingerprint density at radius 1 is 1.40 bits per heavy atom. The summed E-state index contributed by atoms with van der Waals surface area (Å²) in [4.78, 5) is 2.49. The highest BCUT2D eigenvalue weighted by atomic mass is 16.5. The van der Waals surface area contributed by atoms with Crippen molar-refractivity contribution in [3.63, 3.8) is 0 Å². The Bertz CT molecular complexity index is 423. The largest absolute Gasteiger partial charge is 0.496 e. The zero-order chi connectivity index (χ0) is 14.4. The van der Waals surface area contributed by atoms with Gasteiger partial charge in [-0.25, -0.2) is 0 Å². The number of rotatable bonds is 6. The van der Waals surface area contributed by atoms with E-state index in [2.05, 4.69) is 35.3 Å². The molecular weight excluding hydrogens is 252 g/mol. The summed E-state index contributed by atoms with van der Waals surface area (Å²) in [5.41, 5.74) is 2.46. The van der Waals surface area contributed by atoms with Gasteiger partial charge in [0.05, 0.1) is 13.7 Å². The Balaban J connectivity index is 2.03. The number of methoxy groups -OCH3 is 1. The molecule has 2 rings (SSSR count). The van der Waals surface area contributed by atoms with Crippen molar-refractivity contribution >= 4 is 0 Å². The molecular formula is C16H26N2O2. The highest BCUT2D eigenvalue weighted by Crippen LogP contribution is 2.22. The Kier molecular flexibility index (Phi) is 5.83. The summed E-state index contributed by atoms with van der Waals surface area (Å²) < 4.78 is 10.9. The lowest BCUT2D eigenvalue weighted by Crippen LogP contribution is -2.48. The maximum Gasteiger partial charge on any atom is 0.124 e. The van der Waals surface area contributed by atoms with Gasteiger partial charge in [-0.1, -0.05) is 6.07 Å². The molecule has 1 aliphatic heterocycles. The molecule has 4 heteroatoms. The topological polar surface area (TPSA) is 33.7 Å². The first-order chi connectivity index (χ1) is 9.72. The second-order valence-corrected chi connectivity index (χ2v) is 5.37. The molecule has 1 saturated heterocycles. The minimum Gasteiger partial charge on any atom is -0.496 e. The third-order valence-corrected chi connectivity index (χ3v) is 3.67. The molecule has 0 unspecified atom stereocenters. The number of ether oxygens (including phenoxy) is 2. The van der Waals surface area contributed by atoms with Crippen LogP contribution in [-0.4, -0.2) is 44.3 Å². The molecule has 112 valence electrons. The first-order valence-corrected chi connectivity index (χ1v) is 7.42. The van der Waals surface area contributed by atoms with Crippen LogP contribution in [-0.2, 0) is 17.9 Å². The van der Waals surface area contributed by atoms with E-state index in [9.17, 15) is 0 Å². The Hall–Kier alpha value is -1.10. The fraction of sp³-hybridized carbons (Fsp3) is 0.625. The fourth-order valence-electron chi connectivity index (χ4n) is 2.67. The lowest BCUT2D eigenvalue weighted by atomic mass is 10.1.